The number of carbonyl (C=O) groups is 1. The topological polar surface area (TPSA) is 138 Å². The van der Waals surface area contributed by atoms with Crippen LogP contribution in [0.2, 0.25) is 0 Å². The Kier molecular flexibility index (Phi) is 6.14. The number of benzene rings is 1. The molecule has 0 saturated heterocycles. The van der Waals surface area contributed by atoms with E-state index in [9.17, 15) is 26.2 Å². The quantitative estimate of drug-likeness (QED) is 0.346. The van der Waals surface area contributed by atoms with Gasteiger partial charge in [-0.1, -0.05) is 0 Å². The Bertz CT molecular complexity index is 641. The van der Waals surface area contributed by atoms with Gasteiger partial charge in [0.15, 0.2) is 0 Å². The third kappa shape index (κ3) is 4.84. The Balaban J connectivity index is 0.00000324. The number of methoxy groups -OCH3 is 1. The molecule has 1 aromatic rings. The fourth-order valence-electron chi connectivity index (χ4n) is 1.10. The molecule has 0 aliphatic rings. The molecule has 0 bridgehead atoms. The summed E-state index contributed by atoms with van der Waals surface area (Å²) in [4.78, 5) is 9.33. The minimum absolute atomic E-state index is 0. The zero-order valence-electron chi connectivity index (χ0n) is 9.85. The van der Waals surface area contributed by atoms with Crippen molar-refractivity contribution in [2.24, 2.45) is 0 Å². The maximum Gasteiger partial charge on any atom is 1.00 e. The van der Waals surface area contributed by atoms with Crippen molar-refractivity contribution in [1.29, 1.82) is 0 Å². The van der Waals surface area contributed by atoms with Crippen LogP contribution in [-0.2, 0) is 25.0 Å². The molecule has 0 aromatic heterocycles. The van der Waals surface area contributed by atoms with E-state index in [1.165, 1.54) is 0 Å². The summed E-state index contributed by atoms with van der Waals surface area (Å²) in [5.74, 6) is -1.05. The molecule has 0 radical (unpaired) electrons. The van der Waals surface area contributed by atoms with Crippen molar-refractivity contribution >= 4 is 26.2 Å². The average molecular weight is 318 g/mol. The molecule has 1 N–H and O–H groups in total. The Hall–Kier alpha value is -0.490. The van der Waals surface area contributed by atoms with Gasteiger partial charge in [0.25, 0.3) is 10.1 Å². The fourth-order valence-corrected chi connectivity index (χ4v) is 2.27. The van der Waals surface area contributed by atoms with E-state index in [0.717, 1.165) is 7.11 Å². The number of carbonyl (C=O) groups excluding carboxylic acids is 1. The number of hydrogen-bond acceptors (Lipinski definition) is 7. The smallest absolute Gasteiger partial charge is 0.744 e. The summed E-state index contributed by atoms with van der Waals surface area (Å²) in [6, 6.07) is 1.79. The van der Waals surface area contributed by atoms with Crippen molar-refractivity contribution in [3.8, 4) is 0 Å². The van der Waals surface area contributed by atoms with Crippen LogP contribution in [-0.4, -0.2) is 39.0 Å². The second-order valence-corrected chi connectivity index (χ2v) is 5.92. The van der Waals surface area contributed by atoms with Crippen LogP contribution in [0.15, 0.2) is 28.0 Å². The van der Waals surface area contributed by atoms with Gasteiger partial charge in [-0.15, -0.1) is 0 Å². The van der Waals surface area contributed by atoms with Crippen molar-refractivity contribution in [1.82, 2.24) is 0 Å². The van der Waals surface area contributed by atoms with Crippen molar-refractivity contribution in [3.63, 3.8) is 0 Å². The minimum Gasteiger partial charge on any atom is -0.744 e. The van der Waals surface area contributed by atoms with Gasteiger partial charge in [0.1, 0.15) is 10.1 Å². The number of ether oxygens (including phenoxy) is 1. The molecule has 1 rings (SSSR count). The molecule has 19 heavy (non-hydrogen) atoms. The second kappa shape index (κ2) is 6.31. The van der Waals surface area contributed by atoms with Crippen LogP contribution in [0.4, 0.5) is 0 Å². The maximum atomic E-state index is 11.2. The van der Waals surface area contributed by atoms with E-state index in [-0.39, 0.29) is 29.6 Å². The number of hydrogen-bond donors (Lipinski definition) is 1. The zero-order chi connectivity index (χ0) is 14.1. The average Bonchev–Trinajstić information content (AvgIpc) is 2.25. The van der Waals surface area contributed by atoms with E-state index in [0.29, 0.717) is 18.2 Å². The van der Waals surface area contributed by atoms with Gasteiger partial charge in [0.2, 0.25) is 0 Å². The summed E-state index contributed by atoms with van der Waals surface area (Å²) in [6.07, 6.45) is 0. The molecule has 100 valence electrons. The van der Waals surface area contributed by atoms with Crippen LogP contribution in [0.3, 0.4) is 0 Å². The molecule has 0 unspecified atom stereocenters. The summed E-state index contributed by atoms with van der Waals surface area (Å²) < 4.78 is 67.2. The first-order chi connectivity index (χ1) is 8.05. The molecular formula is C8H7NaO8S2. The largest absolute Gasteiger partial charge is 1.00 e. The number of esters is 1. The van der Waals surface area contributed by atoms with Gasteiger partial charge < -0.3 is 9.29 Å². The maximum absolute atomic E-state index is 11.2. The van der Waals surface area contributed by atoms with Crippen molar-refractivity contribution in [3.05, 3.63) is 23.8 Å². The third-order valence-corrected chi connectivity index (χ3v) is 3.53. The fraction of sp³-hybridized carbons (Fsp3) is 0.125. The van der Waals surface area contributed by atoms with Gasteiger partial charge >= 0.3 is 35.5 Å². The van der Waals surface area contributed by atoms with Gasteiger partial charge in [0.05, 0.1) is 22.5 Å². The zero-order valence-corrected chi connectivity index (χ0v) is 13.5. The van der Waals surface area contributed by atoms with Gasteiger partial charge in [-0.2, -0.15) is 8.42 Å². The van der Waals surface area contributed by atoms with Crippen LogP contribution in [0.5, 0.6) is 0 Å². The van der Waals surface area contributed by atoms with E-state index in [4.69, 9.17) is 4.55 Å². The molecule has 11 heteroatoms. The van der Waals surface area contributed by atoms with E-state index >= 15 is 0 Å². The van der Waals surface area contributed by atoms with E-state index in [1.54, 1.807) is 0 Å². The molecule has 0 aliphatic heterocycles. The molecule has 0 atom stereocenters. The summed E-state index contributed by atoms with van der Waals surface area (Å²) in [5.41, 5.74) is -0.484. The van der Waals surface area contributed by atoms with Crippen LogP contribution in [0.25, 0.3) is 0 Å². The van der Waals surface area contributed by atoms with Crippen molar-refractivity contribution in [2.45, 2.75) is 9.79 Å². The molecule has 0 spiro atoms. The SMILES string of the molecule is COC(=O)c1cc(S(=O)(=O)[O-])cc(S(=O)(=O)O)c1.[Na+]. The van der Waals surface area contributed by atoms with Crippen molar-refractivity contribution in [2.75, 3.05) is 7.11 Å². The molecule has 0 aliphatic carbocycles. The first-order valence-electron chi connectivity index (χ1n) is 4.22. The Morgan fingerprint density at radius 2 is 1.63 bits per heavy atom. The summed E-state index contributed by atoms with van der Waals surface area (Å²) in [6.45, 7) is 0. The Labute approximate surface area is 131 Å². The normalized spacial score (nSPS) is 11.5. The van der Waals surface area contributed by atoms with E-state index in [2.05, 4.69) is 4.74 Å². The number of rotatable bonds is 3. The monoisotopic (exact) mass is 318 g/mol. The van der Waals surface area contributed by atoms with Gasteiger partial charge in [0, 0.05) is 0 Å². The Morgan fingerprint density at radius 3 is 2.00 bits per heavy atom. The Morgan fingerprint density at radius 1 is 1.16 bits per heavy atom. The second-order valence-electron chi connectivity index (χ2n) is 3.11. The van der Waals surface area contributed by atoms with Crippen LogP contribution in [0, 0.1) is 0 Å². The van der Waals surface area contributed by atoms with Crippen LogP contribution < -0.4 is 29.6 Å². The molecule has 0 amide bonds. The third-order valence-electron chi connectivity index (χ3n) is 1.89. The summed E-state index contributed by atoms with van der Waals surface area (Å²) >= 11 is 0. The first-order valence-corrected chi connectivity index (χ1v) is 7.07. The standard InChI is InChI=1S/C8H8O8S2.Na/c1-16-8(9)5-2-6(17(10,11)12)4-7(3-5)18(13,14)15;/h2-4H,1H3,(H,10,11,12)(H,13,14,15);/q;+1/p-1. The van der Waals surface area contributed by atoms with E-state index < -0.39 is 41.6 Å². The predicted octanol–water partition coefficient (Wildman–Crippen LogP) is -3.37. The molecule has 0 fully saturated rings. The molecule has 1 aromatic carbocycles. The molecule has 8 nitrogen and oxygen atoms in total. The molecule has 0 heterocycles. The summed E-state index contributed by atoms with van der Waals surface area (Å²) in [7, 11) is -8.76. The van der Waals surface area contributed by atoms with Crippen LogP contribution in [0.1, 0.15) is 10.4 Å². The van der Waals surface area contributed by atoms with Gasteiger partial charge in [-0.05, 0) is 18.2 Å². The predicted molar refractivity (Wildman–Crippen MR) is 55.6 cm³/mol. The first kappa shape index (κ1) is 18.5. The molecule has 0 saturated carbocycles. The van der Waals surface area contributed by atoms with Crippen LogP contribution >= 0.6 is 0 Å². The molecular weight excluding hydrogens is 311 g/mol. The van der Waals surface area contributed by atoms with E-state index in [1.807, 2.05) is 0 Å². The van der Waals surface area contributed by atoms with Crippen molar-refractivity contribution < 1.29 is 65.0 Å². The summed E-state index contributed by atoms with van der Waals surface area (Å²) in [5, 5.41) is 0. The van der Waals surface area contributed by atoms with Gasteiger partial charge in [-0.25, -0.2) is 13.2 Å². The van der Waals surface area contributed by atoms with Gasteiger partial charge in [-0.3, -0.25) is 4.55 Å². The minimum atomic E-state index is -4.98.